The van der Waals surface area contributed by atoms with Gasteiger partial charge in [-0.1, -0.05) is 35.5 Å². The number of rotatable bonds is 8. The van der Waals surface area contributed by atoms with Gasteiger partial charge in [-0.3, -0.25) is 9.36 Å². The summed E-state index contributed by atoms with van der Waals surface area (Å²) in [6.45, 7) is 2.30. The van der Waals surface area contributed by atoms with Crippen molar-refractivity contribution < 1.29 is 9.53 Å². The van der Waals surface area contributed by atoms with E-state index in [2.05, 4.69) is 20.1 Å². The lowest BCUT2D eigenvalue weighted by molar-refractivity contribution is -0.126. The summed E-state index contributed by atoms with van der Waals surface area (Å²) in [5.74, 6) is 4.02. The van der Waals surface area contributed by atoms with Gasteiger partial charge in [-0.25, -0.2) is 0 Å². The number of para-hydroxylation sites is 1. The maximum atomic E-state index is 13.3. The number of amides is 1. The fraction of sp³-hybridized carbons (Fsp3) is 0.640. The fourth-order valence-electron chi connectivity index (χ4n) is 6.73. The highest BCUT2D eigenvalue weighted by Crippen LogP contribution is 2.55. The molecule has 33 heavy (non-hydrogen) atoms. The summed E-state index contributed by atoms with van der Waals surface area (Å²) in [7, 11) is 0. The number of thioether (sulfide) groups is 1. The molecule has 0 spiro atoms. The zero-order valence-corrected chi connectivity index (χ0v) is 20.6. The molecule has 1 heterocycles. The standard InChI is InChI=1S/C25H31ClN4O2S/c1-15(23(31)27-25-11-16-8-17(12-25)10-18(9-16)13-25)33-24-29-28-22(30(24)19-6-7-19)14-32-21-5-3-2-4-20(21)26/h2-5,15-19H,6-14H2,1H3,(H,27,31). The van der Waals surface area contributed by atoms with E-state index in [4.69, 9.17) is 16.3 Å². The molecule has 0 radical (unpaired) electrons. The molecular formula is C25H31ClN4O2S. The molecule has 1 amide bonds. The van der Waals surface area contributed by atoms with Gasteiger partial charge < -0.3 is 10.1 Å². The predicted molar refractivity (Wildman–Crippen MR) is 128 cm³/mol. The van der Waals surface area contributed by atoms with Gasteiger partial charge in [-0.05, 0) is 88.2 Å². The van der Waals surface area contributed by atoms with Crippen molar-refractivity contribution >= 4 is 29.3 Å². The summed E-state index contributed by atoms with van der Waals surface area (Å²) in [6, 6.07) is 7.84. The van der Waals surface area contributed by atoms with E-state index in [1.165, 1.54) is 50.3 Å². The number of ether oxygens (including phenoxy) is 1. The molecule has 1 aromatic heterocycles. The lowest BCUT2D eigenvalue weighted by atomic mass is 9.53. The van der Waals surface area contributed by atoms with Crippen LogP contribution < -0.4 is 10.1 Å². The van der Waals surface area contributed by atoms with Crippen LogP contribution in [-0.4, -0.2) is 31.5 Å². The third-order valence-corrected chi connectivity index (χ3v) is 9.29. The largest absolute Gasteiger partial charge is 0.484 e. The highest BCUT2D eigenvalue weighted by molar-refractivity contribution is 8.00. The number of nitrogens with one attached hydrogen (secondary N) is 1. The van der Waals surface area contributed by atoms with Crippen LogP contribution in [0, 0.1) is 17.8 Å². The Morgan fingerprint density at radius 3 is 2.48 bits per heavy atom. The highest BCUT2D eigenvalue weighted by Gasteiger charge is 2.51. The Morgan fingerprint density at radius 1 is 1.18 bits per heavy atom. The molecule has 6 nitrogen and oxygen atoms in total. The van der Waals surface area contributed by atoms with Gasteiger partial charge in [0.1, 0.15) is 12.4 Å². The number of aromatic nitrogens is 3. The zero-order valence-electron chi connectivity index (χ0n) is 19.0. The van der Waals surface area contributed by atoms with Gasteiger partial charge in [0.2, 0.25) is 5.91 Å². The molecule has 7 rings (SSSR count). The Labute approximate surface area is 204 Å². The Morgan fingerprint density at radius 2 is 1.85 bits per heavy atom. The first kappa shape index (κ1) is 21.8. The Hall–Kier alpha value is -1.73. The minimum atomic E-state index is -0.211. The van der Waals surface area contributed by atoms with Crippen LogP contribution in [0.2, 0.25) is 5.02 Å². The molecule has 0 aliphatic heterocycles. The normalized spacial score (nSPS) is 30.9. The number of nitrogens with zero attached hydrogens (tertiary/aromatic N) is 3. The van der Waals surface area contributed by atoms with E-state index in [1.54, 1.807) is 0 Å². The smallest absolute Gasteiger partial charge is 0.233 e. The van der Waals surface area contributed by atoms with Crippen LogP contribution in [-0.2, 0) is 11.4 Å². The zero-order chi connectivity index (χ0) is 22.6. The van der Waals surface area contributed by atoms with Crippen molar-refractivity contribution in [1.82, 2.24) is 20.1 Å². The van der Waals surface area contributed by atoms with Crippen molar-refractivity contribution in [3.8, 4) is 5.75 Å². The SMILES string of the molecule is CC(Sc1nnc(COc2ccccc2Cl)n1C1CC1)C(=O)NC12CC3CC(CC(C3)C1)C2. The van der Waals surface area contributed by atoms with E-state index in [0.29, 0.717) is 23.4 Å². The lowest BCUT2D eigenvalue weighted by Gasteiger charge is -2.57. The fourth-order valence-corrected chi connectivity index (χ4v) is 7.86. The molecule has 2 aromatic rings. The number of carbonyl (C=O) groups excluding carboxylic acids is 1. The van der Waals surface area contributed by atoms with Crippen molar-refractivity contribution in [2.75, 3.05) is 0 Å². The van der Waals surface area contributed by atoms with E-state index in [-0.39, 0.29) is 16.7 Å². The maximum absolute atomic E-state index is 13.3. The molecule has 1 N–H and O–H groups in total. The van der Waals surface area contributed by atoms with Crippen LogP contribution in [0.15, 0.2) is 29.4 Å². The molecule has 0 saturated heterocycles. The number of halogens is 1. The van der Waals surface area contributed by atoms with Gasteiger partial charge in [0.05, 0.1) is 10.3 Å². The van der Waals surface area contributed by atoms with Gasteiger partial charge in [-0.15, -0.1) is 10.2 Å². The minimum absolute atomic E-state index is 0.0404. The summed E-state index contributed by atoms with van der Waals surface area (Å²) in [5, 5.41) is 13.5. The molecule has 5 fully saturated rings. The first-order chi connectivity index (χ1) is 16.0. The number of hydrogen-bond acceptors (Lipinski definition) is 5. The first-order valence-electron chi connectivity index (χ1n) is 12.3. The van der Waals surface area contributed by atoms with Crippen LogP contribution in [0.1, 0.15) is 70.2 Å². The van der Waals surface area contributed by atoms with E-state index in [1.807, 2.05) is 31.2 Å². The van der Waals surface area contributed by atoms with Crippen LogP contribution >= 0.6 is 23.4 Å². The van der Waals surface area contributed by atoms with Crippen LogP contribution in [0.5, 0.6) is 5.75 Å². The highest BCUT2D eigenvalue weighted by atomic mass is 35.5. The van der Waals surface area contributed by atoms with Crippen molar-refractivity contribution in [2.24, 2.45) is 17.8 Å². The van der Waals surface area contributed by atoms with Crippen molar-refractivity contribution in [1.29, 1.82) is 0 Å². The van der Waals surface area contributed by atoms with E-state index >= 15 is 0 Å². The first-order valence-corrected chi connectivity index (χ1v) is 13.5. The summed E-state index contributed by atoms with van der Waals surface area (Å²) in [4.78, 5) is 13.3. The monoisotopic (exact) mass is 486 g/mol. The summed E-state index contributed by atoms with van der Waals surface area (Å²) >= 11 is 7.74. The van der Waals surface area contributed by atoms with Crippen LogP contribution in [0.25, 0.3) is 0 Å². The van der Waals surface area contributed by atoms with Crippen molar-refractivity contribution in [3.05, 3.63) is 35.1 Å². The minimum Gasteiger partial charge on any atom is -0.484 e. The maximum Gasteiger partial charge on any atom is 0.233 e. The third-order valence-electron chi connectivity index (χ3n) is 7.92. The predicted octanol–water partition coefficient (Wildman–Crippen LogP) is 5.41. The van der Waals surface area contributed by atoms with Crippen LogP contribution in [0.4, 0.5) is 0 Å². The van der Waals surface area contributed by atoms with Gasteiger partial charge in [0.15, 0.2) is 11.0 Å². The molecule has 1 unspecified atom stereocenters. The Kier molecular flexibility index (Phi) is 5.60. The average Bonchev–Trinajstić information content (AvgIpc) is 3.53. The van der Waals surface area contributed by atoms with E-state index in [9.17, 15) is 4.79 Å². The topological polar surface area (TPSA) is 69.0 Å². The number of carbonyl (C=O) groups is 1. The molecule has 5 aliphatic rings. The molecule has 8 heteroatoms. The second-order valence-corrected chi connectivity index (χ2v) is 12.4. The summed E-state index contributed by atoms with van der Waals surface area (Å²) < 4.78 is 8.08. The average molecular weight is 487 g/mol. The third kappa shape index (κ3) is 4.39. The van der Waals surface area contributed by atoms with Crippen molar-refractivity contribution in [2.45, 2.75) is 86.9 Å². The molecule has 1 aromatic carbocycles. The Bertz CT molecular complexity index is 1020. The number of hydrogen-bond donors (Lipinski definition) is 1. The molecule has 176 valence electrons. The summed E-state index contributed by atoms with van der Waals surface area (Å²) in [5.41, 5.74) is 0.0404. The number of benzene rings is 1. The molecule has 1 atom stereocenters. The van der Waals surface area contributed by atoms with Gasteiger partial charge in [0.25, 0.3) is 0 Å². The molecular weight excluding hydrogens is 456 g/mol. The van der Waals surface area contributed by atoms with Crippen LogP contribution in [0.3, 0.4) is 0 Å². The Balaban J connectivity index is 1.13. The summed E-state index contributed by atoms with van der Waals surface area (Å²) in [6.07, 6.45) is 9.86. The van der Waals surface area contributed by atoms with Gasteiger partial charge in [0, 0.05) is 11.6 Å². The second kappa shape index (κ2) is 8.49. The lowest BCUT2D eigenvalue weighted by Crippen LogP contribution is -2.60. The quantitative estimate of drug-likeness (QED) is 0.505. The van der Waals surface area contributed by atoms with Gasteiger partial charge in [-0.2, -0.15) is 0 Å². The molecule has 5 aliphatic carbocycles. The molecule has 4 bridgehead atoms. The molecule has 5 saturated carbocycles. The second-order valence-electron chi connectivity index (χ2n) is 10.7. The van der Waals surface area contributed by atoms with E-state index < -0.39 is 0 Å². The van der Waals surface area contributed by atoms with E-state index in [0.717, 1.165) is 41.6 Å². The van der Waals surface area contributed by atoms with Crippen molar-refractivity contribution in [3.63, 3.8) is 0 Å². The van der Waals surface area contributed by atoms with Gasteiger partial charge >= 0.3 is 0 Å².